The predicted molar refractivity (Wildman–Crippen MR) is 105 cm³/mol. The van der Waals surface area contributed by atoms with Crippen molar-refractivity contribution in [1.29, 1.82) is 0 Å². The van der Waals surface area contributed by atoms with Crippen molar-refractivity contribution in [2.75, 3.05) is 25.0 Å². The van der Waals surface area contributed by atoms with E-state index < -0.39 is 0 Å². The van der Waals surface area contributed by atoms with E-state index in [0.717, 1.165) is 50.1 Å². The van der Waals surface area contributed by atoms with Crippen molar-refractivity contribution in [3.63, 3.8) is 0 Å². The Balaban J connectivity index is 1.46. The summed E-state index contributed by atoms with van der Waals surface area (Å²) in [5.74, 6) is 1.92. The Morgan fingerprint density at radius 1 is 1.27 bits per heavy atom. The van der Waals surface area contributed by atoms with E-state index in [4.69, 9.17) is 0 Å². The van der Waals surface area contributed by atoms with Gasteiger partial charge in [-0.25, -0.2) is 4.98 Å². The first-order valence-electron chi connectivity index (χ1n) is 9.65. The normalized spacial score (nSPS) is 16.0. The molecule has 0 atom stereocenters. The molecule has 0 saturated carbocycles. The smallest absolute Gasteiger partial charge is 0.238 e. The monoisotopic (exact) mass is 354 g/mol. The van der Waals surface area contributed by atoms with Gasteiger partial charge >= 0.3 is 0 Å². The van der Waals surface area contributed by atoms with Gasteiger partial charge in [-0.1, -0.05) is 19.1 Å². The molecule has 26 heavy (non-hydrogen) atoms. The first-order chi connectivity index (χ1) is 12.6. The number of rotatable bonds is 6. The first kappa shape index (κ1) is 18.6. The summed E-state index contributed by atoms with van der Waals surface area (Å²) in [6.45, 7) is 9.77. The summed E-state index contributed by atoms with van der Waals surface area (Å²) in [6, 6.07) is 6.03. The first-order valence-corrected chi connectivity index (χ1v) is 9.65. The number of piperidine rings is 1. The van der Waals surface area contributed by atoms with Crippen molar-refractivity contribution in [2.24, 2.45) is 5.92 Å². The van der Waals surface area contributed by atoms with Crippen LogP contribution in [0.3, 0.4) is 0 Å². The maximum absolute atomic E-state index is 12.4. The second-order valence-electron chi connectivity index (χ2n) is 7.36. The summed E-state index contributed by atoms with van der Waals surface area (Å²) in [5, 5.41) is 3.07. The van der Waals surface area contributed by atoms with Crippen molar-refractivity contribution >= 4 is 11.6 Å². The highest BCUT2D eigenvalue weighted by Crippen LogP contribution is 2.21. The molecule has 0 bridgehead atoms. The number of benzene rings is 1. The van der Waals surface area contributed by atoms with Gasteiger partial charge in [0, 0.05) is 31.0 Å². The van der Waals surface area contributed by atoms with Crippen LogP contribution in [0.25, 0.3) is 0 Å². The van der Waals surface area contributed by atoms with Crippen LogP contribution in [0.4, 0.5) is 5.69 Å². The Labute approximate surface area is 156 Å². The zero-order valence-electron chi connectivity index (χ0n) is 16.2. The third-order valence-electron chi connectivity index (χ3n) is 5.53. The summed E-state index contributed by atoms with van der Waals surface area (Å²) in [5.41, 5.74) is 3.28. The molecular weight excluding hydrogens is 324 g/mol. The van der Waals surface area contributed by atoms with Crippen LogP contribution in [0.5, 0.6) is 0 Å². The molecule has 1 aromatic heterocycles. The Bertz CT molecular complexity index is 744. The zero-order chi connectivity index (χ0) is 18.5. The number of hydrogen-bond donors (Lipinski definition) is 1. The molecule has 140 valence electrons. The molecule has 1 aliphatic rings. The average molecular weight is 354 g/mol. The van der Waals surface area contributed by atoms with E-state index in [0.29, 0.717) is 12.5 Å². The second kappa shape index (κ2) is 8.49. The molecule has 2 aromatic rings. The highest BCUT2D eigenvalue weighted by Gasteiger charge is 2.22. The molecule has 1 aliphatic heterocycles. The van der Waals surface area contributed by atoms with Gasteiger partial charge in [-0.05, 0) is 62.9 Å². The van der Waals surface area contributed by atoms with Crippen molar-refractivity contribution in [3.05, 3.63) is 47.5 Å². The number of nitrogens with one attached hydrogen (secondary N) is 1. The van der Waals surface area contributed by atoms with Gasteiger partial charge < -0.3 is 9.88 Å². The minimum Gasteiger partial charge on any atom is -0.335 e. The van der Waals surface area contributed by atoms with Crippen LogP contribution in [-0.4, -0.2) is 40.0 Å². The highest BCUT2D eigenvalue weighted by atomic mass is 16.2. The number of imidazole rings is 1. The Morgan fingerprint density at radius 2 is 2.04 bits per heavy atom. The number of nitrogens with zero attached hydrogens (tertiary/aromatic N) is 3. The fraction of sp³-hybridized carbons (Fsp3) is 0.524. The number of amides is 1. The average Bonchev–Trinajstić information content (AvgIpc) is 3.08. The van der Waals surface area contributed by atoms with Crippen LogP contribution < -0.4 is 5.32 Å². The summed E-state index contributed by atoms with van der Waals surface area (Å²) in [7, 11) is 0. The van der Waals surface area contributed by atoms with Crippen molar-refractivity contribution in [1.82, 2.24) is 14.5 Å². The summed E-state index contributed by atoms with van der Waals surface area (Å²) in [4.78, 5) is 19.1. The quantitative estimate of drug-likeness (QED) is 0.865. The maximum Gasteiger partial charge on any atom is 0.238 e. The van der Waals surface area contributed by atoms with E-state index >= 15 is 0 Å². The molecular formula is C21H30N4O. The van der Waals surface area contributed by atoms with Gasteiger partial charge in [0.1, 0.15) is 5.82 Å². The van der Waals surface area contributed by atoms with E-state index in [1.165, 1.54) is 11.4 Å². The zero-order valence-corrected chi connectivity index (χ0v) is 16.2. The van der Waals surface area contributed by atoms with Crippen LogP contribution in [0.15, 0.2) is 30.6 Å². The molecule has 1 fully saturated rings. The van der Waals surface area contributed by atoms with Gasteiger partial charge in [-0.2, -0.15) is 0 Å². The van der Waals surface area contributed by atoms with E-state index in [9.17, 15) is 4.79 Å². The van der Waals surface area contributed by atoms with Crippen LogP contribution in [0, 0.1) is 19.8 Å². The summed E-state index contributed by atoms with van der Waals surface area (Å²) < 4.78 is 2.29. The van der Waals surface area contributed by atoms with Crippen LogP contribution in [-0.2, 0) is 17.8 Å². The minimum atomic E-state index is 0.0834. The molecule has 1 amide bonds. The summed E-state index contributed by atoms with van der Waals surface area (Å²) >= 11 is 0. The number of carbonyl (C=O) groups excluding carboxylic acids is 1. The lowest BCUT2D eigenvalue weighted by Gasteiger charge is -2.31. The highest BCUT2D eigenvalue weighted by molar-refractivity contribution is 5.93. The minimum absolute atomic E-state index is 0.0834. The summed E-state index contributed by atoms with van der Waals surface area (Å²) in [6.07, 6.45) is 7.23. The van der Waals surface area contributed by atoms with Crippen molar-refractivity contribution < 1.29 is 4.79 Å². The van der Waals surface area contributed by atoms with Gasteiger partial charge in [0.05, 0.1) is 6.54 Å². The Hall–Kier alpha value is -2.14. The van der Waals surface area contributed by atoms with Crippen LogP contribution in [0.2, 0.25) is 0 Å². The third-order valence-corrected chi connectivity index (χ3v) is 5.53. The number of likely N-dealkylation sites (tertiary alicyclic amines) is 1. The molecule has 1 aromatic carbocycles. The van der Waals surface area contributed by atoms with Gasteiger partial charge in [-0.3, -0.25) is 9.69 Å². The van der Waals surface area contributed by atoms with Crippen molar-refractivity contribution in [3.8, 4) is 0 Å². The van der Waals surface area contributed by atoms with E-state index in [1.807, 2.05) is 18.3 Å². The largest absolute Gasteiger partial charge is 0.335 e. The molecule has 5 heteroatoms. The second-order valence-corrected chi connectivity index (χ2v) is 7.36. The Kier molecular flexibility index (Phi) is 6.09. The van der Waals surface area contributed by atoms with Crippen LogP contribution >= 0.6 is 0 Å². The lowest BCUT2D eigenvalue weighted by molar-refractivity contribution is -0.117. The lowest BCUT2D eigenvalue weighted by atomic mass is 9.96. The third kappa shape index (κ3) is 4.52. The SMILES string of the molecule is CCc1nccn1CC1CCN(CC(=O)Nc2cccc(C)c2C)CC1. The number of aryl methyl sites for hydroxylation is 2. The van der Waals surface area contributed by atoms with Crippen molar-refractivity contribution in [2.45, 2.75) is 46.6 Å². The van der Waals surface area contributed by atoms with E-state index in [1.54, 1.807) is 0 Å². The number of hydrogen-bond acceptors (Lipinski definition) is 3. The maximum atomic E-state index is 12.4. The number of aromatic nitrogens is 2. The molecule has 0 radical (unpaired) electrons. The predicted octanol–water partition coefficient (Wildman–Crippen LogP) is 3.41. The van der Waals surface area contributed by atoms with Gasteiger partial charge in [0.25, 0.3) is 0 Å². The topological polar surface area (TPSA) is 50.2 Å². The number of anilines is 1. The molecule has 0 spiro atoms. The molecule has 2 heterocycles. The van der Waals surface area contributed by atoms with Crippen LogP contribution in [0.1, 0.15) is 36.7 Å². The molecule has 3 rings (SSSR count). The molecule has 1 saturated heterocycles. The Morgan fingerprint density at radius 3 is 2.77 bits per heavy atom. The molecule has 0 unspecified atom stereocenters. The number of carbonyl (C=O) groups is 1. The van der Waals surface area contributed by atoms with Gasteiger partial charge in [0.15, 0.2) is 0 Å². The standard InChI is InChI=1S/C21H30N4O/c1-4-20-22-10-13-25(20)14-18-8-11-24(12-9-18)15-21(26)23-19-7-5-6-16(2)17(19)3/h5-7,10,13,18H,4,8-9,11-12,14-15H2,1-3H3,(H,23,26). The fourth-order valence-corrected chi connectivity index (χ4v) is 3.71. The molecule has 1 N–H and O–H groups in total. The lowest BCUT2D eigenvalue weighted by Crippen LogP contribution is -2.40. The molecule has 5 nitrogen and oxygen atoms in total. The molecule has 0 aliphatic carbocycles. The van der Waals surface area contributed by atoms with Gasteiger partial charge in [-0.15, -0.1) is 0 Å². The van der Waals surface area contributed by atoms with E-state index in [-0.39, 0.29) is 5.91 Å². The fourth-order valence-electron chi connectivity index (χ4n) is 3.71. The van der Waals surface area contributed by atoms with Gasteiger partial charge in [0.2, 0.25) is 5.91 Å². The van der Waals surface area contributed by atoms with E-state index in [2.05, 4.69) is 52.8 Å².